The average molecular weight is 420 g/mol. The predicted molar refractivity (Wildman–Crippen MR) is 108 cm³/mol. The van der Waals surface area contributed by atoms with Crippen LogP contribution in [0, 0.1) is 28.1 Å². The smallest absolute Gasteiger partial charge is 0.411 e. The van der Waals surface area contributed by atoms with E-state index >= 15 is 0 Å². The molecule has 4 atom stereocenters. The van der Waals surface area contributed by atoms with Crippen molar-refractivity contribution in [3.63, 3.8) is 0 Å². The SMILES string of the molecule is CC12CCC3(C(CCCC3(C)C)C1)C2COC(=O)Nc1ccc(Br)cc1. The third kappa shape index (κ3) is 2.71. The standard InChI is InChI=1S/C22H30BrNO2/c1-20(2)10-4-5-15-13-21(3)11-12-22(15,20)18(21)14-26-19(25)24-17-8-6-16(23)7-9-17/h6-9,15,18H,4-5,10-14H2,1-3H3,(H,24,25). The number of halogens is 1. The Kier molecular flexibility index (Phi) is 4.41. The number of ether oxygens (including phenoxy) is 1. The van der Waals surface area contributed by atoms with Crippen LogP contribution >= 0.6 is 15.9 Å². The van der Waals surface area contributed by atoms with Gasteiger partial charge in [-0.05, 0) is 78.5 Å². The van der Waals surface area contributed by atoms with E-state index in [4.69, 9.17) is 4.74 Å². The molecular formula is C22H30BrNO2. The summed E-state index contributed by atoms with van der Waals surface area (Å²) >= 11 is 3.41. The van der Waals surface area contributed by atoms with Crippen molar-refractivity contribution >= 4 is 27.7 Å². The molecule has 3 saturated carbocycles. The fraction of sp³-hybridized carbons (Fsp3) is 0.682. The van der Waals surface area contributed by atoms with Gasteiger partial charge in [-0.2, -0.15) is 0 Å². The summed E-state index contributed by atoms with van der Waals surface area (Å²) in [6.07, 6.45) is 7.61. The zero-order valence-electron chi connectivity index (χ0n) is 16.1. The Morgan fingerprint density at radius 3 is 2.65 bits per heavy atom. The van der Waals surface area contributed by atoms with Gasteiger partial charge in [-0.25, -0.2) is 4.79 Å². The lowest BCUT2D eigenvalue weighted by Crippen LogP contribution is -2.48. The number of nitrogens with one attached hydrogen (secondary N) is 1. The van der Waals surface area contributed by atoms with Crippen LogP contribution in [0.5, 0.6) is 0 Å². The number of hydrogen-bond acceptors (Lipinski definition) is 2. The molecule has 26 heavy (non-hydrogen) atoms. The summed E-state index contributed by atoms with van der Waals surface area (Å²) in [5.74, 6) is 1.30. The number of carbonyl (C=O) groups excluding carboxylic acids is 1. The van der Waals surface area contributed by atoms with Gasteiger partial charge in [0, 0.05) is 16.1 Å². The van der Waals surface area contributed by atoms with Crippen LogP contribution < -0.4 is 5.32 Å². The molecule has 3 nitrogen and oxygen atoms in total. The molecule has 3 aliphatic rings. The lowest BCUT2D eigenvalue weighted by Gasteiger charge is -2.54. The molecular weight excluding hydrogens is 390 g/mol. The molecule has 1 amide bonds. The average Bonchev–Trinajstić information content (AvgIpc) is 3.00. The number of rotatable bonds is 3. The first-order valence-electron chi connectivity index (χ1n) is 9.96. The third-order valence-electron chi connectivity index (χ3n) is 8.10. The van der Waals surface area contributed by atoms with E-state index in [1.54, 1.807) is 0 Å². The molecule has 4 rings (SSSR count). The molecule has 1 spiro atoms. The minimum Gasteiger partial charge on any atom is -0.449 e. The Labute approximate surface area is 165 Å². The minimum absolute atomic E-state index is 0.330. The van der Waals surface area contributed by atoms with Crippen LogP contribution in [0.15, 0.2) is 28.7 Å². The van der Waals surface area contributed by atoms with Crippen LogP contribution in [0.4, 0.5) is 10.5 Å². The number of anilines is 1. The number of hydrogen-bond donors (Lipinski definition) is 1. The maximum atomic E-state index is 12.4. The van der Waals surface area contributed by atoms with Gasteiger partial charge >= 0.3 is 6.09 Å². The Bertz CT molecular complexity index is 701. The summed E-state index contributed by atoms with van der Waals surface area (Å²) < 4.78 is 6.78. The third-order valence-corrected chi connectivity index (χ3v) is 8.63. The van der Waals surface area contributed by atoms with Crippen molar-refractivity contribution in [2.24, 2.45) is 28.1 Å². The second-order valence-electron chi connectivity index (χ2n) is 9.65. The van der Waals surface area contributed by atoms with Gasteiger partial charge in [0.05, 0.1) is 6.61 Å². The summed E-state index contributed by atoms with van der Waals surface area (Å²) in [4.78, 5) is 12.4. The Morgan fingerprint density at radius 1 is 1.19 bits per heavy atom. The van der Waals surface area contributed by atoms with E-state index in [1.165, 1.54) is 38.5 Å². The Balaban J connectivity index is 1.47. The summed E-state index contributed by atoms with van der Waals surface area (Å²) in [6, 6.07) is 7.60. The van der Waals surface area contributed by atoms with E-state index in [0.29, 0.717) is 28.8 Å². The maximum Gasteiger partial charge on any atom is 0.411 e. The van der Waals surface area contributed by atoms with Gasteiger partial charge in [0.15, 0.2) is 0 Å². The molecule has 1 aromatic rings. The first-order valence-corrected chi connectivity index (χ1v) is 10.8. The predicted octanol–water partition coefficient (Wildman–Crippen LogP) is 6.63. The van der Waals surface area contributed by atoms with Gasteiger partial charge in [-0.3, -0.25) is 5.32 Å². The quantitative estimate of drug-likeness (QED) is 0.596. The van der Waals surface area contributed by atoms with Crippen molar-refractivity contribution in [1.82, 2.24) is 0 Å². The summed E-state index contributed by atoms with van der Waals surface area (Å²) in [5.41, 5.74) is 1.82. The molecule has 4 heteroatoms. The number of carbonyl (C=O) groups is 1. The van der Waals surface area contributed by atoms with Crippen molar-refractivity contribution in [2.45, 2.75) is 59.3 Å². The van der Waals surface area contributed by atoms with Crippen LogP contribution in [0.25, 0.3) is 0 Å². The van der Waals surface area contributed by atoms with Crippen molar-refractivity contribution in [3.05, 3.63) is 28.7 Å². The van der Waals surface area contributed by atoms with E-state index in [2.05, 4.69) is 42.0 Å². The second-order valence-corrected chi connectivity index (χ2v) is 10.6. The van der Waals surface area contributed by atoms with E-state index in [0.717, 1.165) is 16.1 Å². The highest BCUT2D eigenvalue weighted by Gasteiger charge is 2.70. The lowest BCUT2D eigenvalue weighted by molar-refractivity contribution is -0.0647. The zero-order valence-corrected chi connectivity index (χ0v) is 17.7. The molecule has 0 radical (unpaired) electrons. The highest BCUT2D eigenvalue weighted by atomic mass is 79.9. The van der Waals surface area contributed by atoms with Crippen LogP contribution in [-0.2, 0) is 4.74 Å². The largest absolute Gasteiger partial charge is 0.449 e. The van der Waals surface area contributed by atoms with Gasteiger partial charge in [0.2, 0.25) is 0 Å². The first kappa shape index (κ1) is 18.3. The molecule has 4 unspecified atom stereocenters. The maximum absolute atomic E-state index is 12.4. The van der Waals surface area contributed by atoms with E-state index < -0.39 is 0 Å². The number of fused-ring (bicyclic) bond motifs is 1. The molecule has 2 bridgehead atoms. The van der Waals surface area contributed by atoms with Crippen molar-refractivity contribution in [3.8, 4) is 0 Å². The zero-order chi connectivity index (χ0) is 18.6. The van der Waals surface area contributed by atoms with Crippen molar-refractivity contribution in [1.29, 1.82) is 0 Å². The topological polar surface area (TPSA) is 38.3 Å². The van der Waals surface area contributed by atoms with Crippen LogP contribution in [0.2, 0.25) is 0 Å². The van der Waals surface area contributed by atoms with Crippen LogP contribution in [0.1, 0.15) is 59.3 Å². The highest BCUT2D eigenvalue weighted by molar-refractivity contribution is 9.10. The minimum atomic E-state index is -0.330. The lowest BCUT2D eigenvalue weighted by atomic mass is 9.51. The molecule has 0 saturated heterocycles. The van der Waals surface area contributed by atoms with E-state index in [-0.39, 0.29) is 6.09 Å². The molecule has 1 aromatic carbocycles. The Morgan fingerprint density at radius 2 is 1.92 bits per heavy atom. The number of amides is 1. The first-order chi connectivity index (χ1) is 12.3. The van der Waals surface area contributed by atoms with E-state index in [1.807, 2.05) is 24.3 Å². The monoisotopic (exact) mass is 419 g/mol. The summed E-state index contributed by atoms with van der Waals surface area (Å²) in [7, 11) is 0. The second kappa shape index (κ2) is 6.25. The fourth-order valence-electron chi connectivity index (χ4n) is 6.88. The van der Waals surface area contributed by atoms with Gasteiger partial charge in [-0.1, -0.05) is 43.1 Å². The summed E-state index contributed by atoms with van der Waals surface area (Å²) in [6.45, 7) is 7.92. The highest BCUT2D eigenvalue weighted by Crippen LogP contribution is 2.76. The van der Waals surface area contributed by atoms with Gasteiger partial charge in [-0.15, -0.1) is 0 Å². The molecule has 3 aliphatic carbocycles. The van der Waals surface area contributed by atoms with Gasteiger partial charge in [0.25, 0.3) is 0 Å². The van der Waals surface area contributed by atoms with Crippen LogP contribution in [-0.4, -0.2) is 12.7 Å². The Hall–Kier alpha value is -1.03. The van der Waals surface area contributed by atoms with Gasteiger partial charge in [0.1, 0.15) is 0 Å². The van der Waals surface area contributed by atoms with Crippen molar-refractivity contribution < 1.29 is 9.53 Å². The molecule has 3 fully saturated rings. The molecule has 0 aliphatic heterocycles. The van der Waals surface area contributed by atoms with Crippen LogP contribution in [0.3, 0.4) is 0 Å². The molecule has 0 aromatic heterocycles. The summed E-state index contributed by atoms with van der Waals surface area (Å²) in [5, 5.41) is 2.86. The van der Waals surface area contributed by atoms with Gasteiger partial charge < -0.3 is 4.74 Å². The fourth-order valence-corrected chi connectivity index (χ4v) is 7.15. The normalized spacial score (nSPS) is 37.2. The van der Waals surface area contributed by atoms with Crippen molar-refractivity contribution in [2.75, 3.05) is 11.9 Å². The molecule has 142 valence electrons. The number of benzene rings is 1. The molecule has 0 heterocycles. The molecule has 1 N–H and O–H groups in total. The van der Waals surface area contributed by atoms with E-state index in [9.17, 15) is 4.79 Å².